The van der Waals surface area contributed by atoms with Gasteiger partial charge in [0, 0.05) is 26.3 Å². The lowest BCUT2D eigenvalue weighted by Gasteiger charge is -2.25. The van der Waals surface area contributed by atoms with Crippen molar-refractivity contribution in [2.45, 2.75) is 20.3 Å². The molecule has 0 saturated carbocycles. The Labute approximate surface area is 122 Å². The number of methoxy groups -OCH3 is 1. The van der Waals surface area contributed by atoms with Crippen molar-refractivity contribution in [2.24, 2.45) is 5.41 Å². The maximum atomic E-state index is 11.2. The Morgan fingerprint density at radius 2 is 2.24 bits per heavy atom. The van der Waals surface area contributed by atoms with E-state index >= 15 is 0 Å². The van der Waals surface area contributed by atoms with E-state index < -0.39 is 10.9 Å². The molecule has 1 rings (SSSR count). The lowest BCUT2D eigenvalue weighted by Crippen LogP contribution is -2.25. The van der Waals surface area contributed by atoms with Crippen molar-refractivity contribution >= 4 is 17.5 Å². The van der Waals surface area contributed by atoms with Gasteiger partial charge in [-0.05, 0) is 11.8 Å². The number of pyridine rings is 1. The third kappa shape index (κ3) is 4.99. The van der Waals surface area contributed by atoms with E-state index in [2.05, 4.69) is 10.3 Å². The molecule has 21 heavy (non-hydrogen) atoms. The topological polar surface area (TPSA) is 115 Å². The van der Waals surface area contributed by atoms with E-state index in [1.54, 1.807) is 7.11 Å². The quantitative estimate of drug-likeness (QED) is 0.558. The summed E-state index contributed by atoms with van der Waals surface area (Å²) in [4.78, 5) is 25.0. The maximum Gasteiger partial charge on any atom is 0.339 e. The van der Waals surface area contributed by atoms with E-state index in [1.807, 2.05) is 13.8 Å². The fourth-order valence-electron chi connectivity index (χ4n) is 1.65. The van der Waals surface area contributed by atoms with E-state index in [0.29, 0.717) is 13.2 Å². The first kappa shape index (κ1) is 16.8. The first-order valence-corrected chi connectivity index (χ1v) is 6.37. The predicted molar refractivity (Wildman–Crippen MR) is 76.6 cm³/mol. The van der Waals surface area contributed by atoms with Gasteiger partial charge in [0.05, 0.1) is 4.92 Å². The minimum Gasteiger partial charge on any atom is -0.478 e. The van der Waals surface area contributed by atoms with Gasteiger partial charge in [-0.3, -0.25) is 10.1 Å². The number of ether oxygens (including phenoxy) is 1. The monoisotopic (exact) mass is 297 g/mol. The largest absolute Gasteiger partial charge is 0.478 e. The molecule has 0 amide bonds. The summed E-state index contributed by atoms with van der Waals surface area (Å²) >= 11 is 0. The number of nitrogens with zero attached hydrogens (tertiary/aromatic N) is 2. The summed E-state index contributed by atoms with van der Waals surface area (Å²) < 4.78 is 5.02. The fourth-order valence-corrected chi connectivity index (χ4v) is 1.65. The number of carboxylic acid groups (broad SMARTS) is 1. The van der Waals surface area contributed by atoms with Crippen LogP contribution in [0, 0.1) is 15.5 Å². The van der Waals surface area contributed by atoms with Gasteiger partial charge in [-0.1, -0.05) is 13.8 Å². The van der Waals surface area contributed by atoms with Crippen LogP contribution in [0.15, 0.2) is 12.3 Å². The van der Waals surface area contributed by atoms with E-state index in [0.717, 1.165) is 18.7 Å². The second kappa shape index (κ2) is 6.98. The van der Waals surface area contributed by atoms with Crippen molar-refractivity contribution in [3.63, 3.8) is 0 Å². The summed E-state index contributed by atoms with van der Waals surface area (Å²) in [5, 5.41) is 22.7. The molecular weight excluding hydrogens is 278 g/mol. The van der Waals surface area contributed by atoms with Crippen LogP contribution in [0.1, 0.15) is 30.6 Å². The van der Waals surface area contributed by atoms with Gasteiger partial charge >= 0.3 is 5.97 Å². The number of nitrogens with one attached hydrogen (secondary N) is 1. The van der Waals surface area contributed by atoms with Crippen LogP contribution in [0.3, 0.4) is 0 Å². The van der Waals surface area contributed by atoms with Gasteiger partial charge < -0.3 is 15.2 Å². The molecule has 1 aromatic rings. The van der Waals surface area contributed by atoms with Gasteiger partial charge in [0.2, 0.25) is 0 Å². The normalized spacial score (nSPS) is 11.2. The van der Waals surface area contributed by atoms with Gasteiger partial charge in [-0.2, -0.15) is 0 Å². The number of carbonyl (C=O) groups is 1. The number of aromatic nitrogens is 1. The van der Waals surface area contributed by atoms with Crippen molar-refractivity contribution in [3.8, 4) is 0 Å². The van der Waals surface area contributed by atoms with E-state index in [1.165, 1.54) is 0 Å². The second-order valence-electron chi connectivity index (χ2n) is 5.41. The summed E-state index contributed by atoms with van der Waals surface area (Å²) in [5.41, 5.74) is -0.696. The Morgan fingerprint density at radius 1 is 1.57 bits per heavy atom. The zero-order chi connectivity index (χ0) is 16.0. The number of nitro groups is 1. The molecule has 0 unspecified atom stereocenters. The van der Waals surface area contributed by atoms with Crippen LogP contribution in [-0.2, 0) is 4.74 Å². The fraction of sp³-hybridized carbons (Fsp3) is 0.538. The minimum absolute atomic E-state index is 0.124. The second-order valence-corrected chi connectivity index (χ2v) is 5.41. The van der Waals surface area contributed by atoms with Crippen molar-refractivity contribution < 1.29 is 19.6 Å². The molecule has 116 valence electrons. The van der Waals surface area contributed by atoms with Gasteiger partial charge in [0.1, 0.15) is 17.6 Å². The summed E-state index contributed by atoms with van der Waals surface area (Å²) in [7, 11) is 1.62. The molecule has 0 radical (unpaired) electrons. The molecule has 0 aromatic carbocycles. The molecule has 0 aliphatic rings. The molecule has 2 N–H and O–H groups in total. The molecular formula is C13H19N3O5. The van der Waals surface area contributed by atoms with Crippen LogP contribution in [0.25, 0.3) is 0 Å². The maximum absolute atomic E-state index is 11.2. The van der Waals surface area contributed by atoms with Crippen LogP contribution in [0.4, 0.5) is 11.5 Å². The Morgan fingerprint density at radius 3 is 2.76 bits per heavy atom. The van der Waals surface area contributed by atoms with Crippen molar-refractivity contribution in [1.82, 2.24) is 4.98 Å². The van der Waals surface area contributed by atoms with E-state index in [4.69, 9.17) is 9.84 Å². The van der Waals surface area contributed by atoms with Crippen LogP contribution in [0.2, 0.25) is 0 Å². The van der Waals surface area contributed by atoms with Crippen LogP contribution < -0.4 is 5.32 Å². The van der Waals surface area contributed by atoms with Crippen LogP contribution >= 0.6 is 0 Å². The van der Waals surface area contributed by atoms with Gasteiger partial charge in [0.25, 0.3) is 5.69 Å². The van der Waals surface area contributed by atoms with Gasteiger partial charge in [-0.15, -0.1) is 0 Å². The van der Waals surface area contributed by atoms with E-state index in [9.17, 15) is 14.9 Å². The summed E-state index contributed by atoms with van der Waals surface area (Å²) in [6.07, 6.45) is 1.82. The average Bonchev–Trinajstić information content (AvgIpc) is 2.42. The Bertz CT molecular complexity index is 531. The number of hydrogen-bond donors (Lipinski definition) is 2. The minimum atomic E-state index is -1.26. The Kier molecular flexibility index (Phi) is 5.60. The molecule has 0 aliphatic heterocycles. The molecule has 0 atom stereocenters. The zero-order valence-corrected chi connectivity index (χ0v) is 12.3. The third-order valence-electron chi connectivity index (χ3n) is 3.03. The van der Waals surface area contributed by atoms with Crippen molar-refractivity contribution in [1.29, 1.82) is 0 Å². The lowest BCUT2D eigenvalue weighted by molar-refractivity contribution is -0.385. The Hall–Kier alpha value is -2.22. The molecule has 8 nitrogen and oxygen atoms in total. The highest BCUT2D eigenvalue weighted by molar-refractivity contribution is 5.93. The summed E-state index contributed by atoms with van der Waals surface area (Å²) in [6, 6.07) is 1.000. The average molecular weight is 297 g/mol. The number of hydrogen-bond acceptors (Lipinski definition) is 6. The number of carboxylic acids is 1. The molecule has 0 saturated heterocycles. The molecule has 0 fully saturated rings. The highest BCUT2D eigenvalue weighted by Crippen LogP contribution is 2.23. The predicted octanol–water partition coefficient (Wildman–Crippen LogP) is 2.16. The van der Waals surface area contributed by atoms with Crippen molar-refractivity contribution in [2.75, 3.05) is 25.6 Å². The zero-order valence-electron chi connectivity index (χ0n) is 12.3. The smallest absolute Gasteiger partial charge is 0.339 e. The summed E-state index contributed by atoms with van der Waals surface area (Å²) in [6.45, 7) is 5.07. The number of anilines is 1. The van der Waals surface area contributed by atoms with E-state index in [-0.39, 0.29) is 22.5 Å². The molecule has 0 bridgehead atoms. The van der Waals surface area contributed by atoms with Gasteiger partial charge in [0.15, 0.2) is 0 Å². The number of aromatic carboxylic acids is 1. The number of rotatable bonds is 8. The lowest BCUT2D eigenvalue weighted by atomic mass is 9.89. The van der Waals surface area contributed by atoms with Gasteiger partial charge in [-0.25, -0.2) is 9.78 Å². The van der Waals surface area contributed by atoms with Crippen molar-refractivity contribution in [3.05, 3.63) is 27.9 Å². The molecule has 1 heterocycles. The summed E-state index contributed by atoms with van der Waals surface area (Å²) in [5.74, 6) is -1.14. The first-order chi connectivity index (χ1) is 9.76. The molecule has 1 aromatic heterocycles. The standard InChI is InChI=1S/C13H19N3O5/c1-13(2,4-5-21-3)8-15-11-10(12(17)18)6-9(7-14-11)16(19)20/h6-7H,4-5,8H2,1-3H3,(H,14,15)(H,17,18). The SMILES string of the molecule is COCCC(C)(C)CNc1ncc([N+](=O)[O-])cc1C(=O)O. The molecule has 0 aliphatic carbocycles. The first-order valence-electron chi connectivity index (χ1n) is 6.37. The molecule has 8 heteroatoms. The van der Waals surface area contributed by atoms with Crippen LogP contribution in [0.5, 0.6) is 0 Å². The Balaban J connectivity index is 2.88. The molecule has 0 spiro atoms. The third-order valence-corrected chi connectivity index (χ3v) is 3.03. The highest BCUT2D eigenvalue weighted by Gasteiger charge is 2.21. The highest BCUT2D eigenvalue weighted by atomic mass is 16.6. The van der Waals surface area contributed by atoms with Crippen LogP contribution in [-0.4, -0.2) is 41.2 Å².